The summed E-state index contributed by atoms with van der Waals surface area (Å²) in [5.74, 6) is 0.0523. The summed E-state index contributed by atoms with van der Waals surface area (Å²) in [4.78, 5) is 20.8. The molecule has 6 nitrogen and oxygen atoms in total. The van der Waals surface area contributed by atoms with Crippen LogP contribution in [0.3, 0.4) is 0 Å². The third kappa shape index (κ3) is 4.73. The molecule has 0 amide bonds. The smallest absolute Gasteiger partial charge is 0.338 e. The van der Waals surface area contributed by atoms with Crippen LogP contribution in [-0.4, -0.2) is 28.8 Å². The van der Waals surface area contributed by atoms with Crippen LogP contribution in [-0.2, 0) is 4.74 Å². The van der Waals surface area contributed by atoms with E-state index in [2.05, 4.69) is 21.4 Å². The zero-order chi connectivity index (χ0) is 20.8. The molecule has 0 fully saturated rings. The zero-order valence-electron chi connectivity index (χ0n) is 16.4. The Bertz CT molecular complexity index is 1060. The first-order valence-electron chi connectivity index (χ1n) is 9.03. The number of anilines is 2. The summed E-state index contributed by atoms with van der Waals surface area (Å²) in [7, 11) is 0. The van der Waals surface area contributed by atoms with Crippen molar-refractivity contribution >= 4 is 29.2 Å². The molecule has 0 bridgehead atoms. The molecule has 0 aliphatic carbocycles. The van der Waals surface area contributed by atoms with Gasteiger partial charge in [-0.2, -0.15) is 5.26 Å². The Balaban J connectivity index is 1.98. The van der Waals surface area contributed by atoms with Gasteiger partial charge in [0.1, 0.15) is 11.6 Å². The molecule has 146 valence electrons. The Morgan fingerprint density at radius 3 is 2.41 bits per heavy atom. The number of thioether (sulfide) groups is 1. The van der Waals surface area contributed by atoms with Crippen LogP contribution in [0.4, 0.5) is 11.5 Å². The molecule has 2 aromatic carbocycles. The number of carbonyl (C=O) groups is 1. The third-order valence-electron chi connectivity index (χ3n) is 4.17. The molecule has 1 aromatic heterocycles. The average molecular weight is 404 g/mol. The van der Waals surface area contributed by atoms with E-state index < -0.39 is 0 Å². The number of nitrogens with zero attached hydrogens (tertiary/aromatic N) is 3. The van der Waals surface area contributed by atoms with Gasteiger partial charge in [0.15, 0.2) is 11.0 Å². The van der Waals surface area contributed by atoms with Gasteiger partial charge in [0.05, 0.1) is 17.9 Å². The first kappa shape index (κ1) is 20.4. The van der Waals surface area contributed by atoms with Crippen LogP contribution in [0.5, 0.6) is 0 Å². The molecule has 7 heteroatoms. The molecule has 0 radical (unpaired) electrons. The Kier molecular flexibility index (Phi) is 6.47. The molecule has 0 aliphatic heterocycles. The van der Waals surface area contributed by atoms with Gasteiger partial charge in [-0.1, -0.05) is 41.6 Å². The number of rotatable bonds is 6. The number of esters is 1. The lowest BCUT2D eigenvalue weighted by molar-refractivity contribution is 0.0526. The van der Waals surface area contributed by atoms with Gasteiger partial charge in [0.2, 0.25) is 0 Å². The van der Waals surface area contributed by atoms with Crippen LogP contribution in [0.2, 0.25) is 0 Å². The zero-order valence-corrected chi connectivity index (χ0v) is 17.2. The molecule has 1 heterocycles. The van der Waals surface area contributed by atoms with Crippen molar-refractivity contribution in [1.29, 1.82) is 5.26 Å². The normalized spacial score (nSPS) is 10.3. The summed E-state index contributed by atoms with van der Waals surface area (Å²) in [5.41, 5.74) is 4.09. The lowest BCUT2D eigenvalue weighted by atomic mass is 10.1. The molecule has 1 N–H and O–H groups in total. The lowest BCUT2D eigenvalue weighted by Gasteiger charge is -2.13. The van der Waals surface area contributed by atoms with E-state index in [9.17, 15) is 10.1 Å². The Morgan fingerprint density at radius 2 is 1.83 bits per heavy atom. The van der Waals surface area contributed by atoms with Gasteiger partial charge in [0.25, 0.3) is 0 Å². The van der Waals surface area contributed by atoms with Gasteiger partial charge in [-0.3, -0.25) is 0 Å². The number of ether oxygens (including phenoxy) is 1. The minimum absolute atomic E-state index is 0.324. The van der Waals surface area contributed by atoms with Crippen LogP contribution >= 0.6 is 11.8 Å². The fourth-order valence-corrected chi connectivity index (χ4v) is 3.05. The van der Waals surface area contributed by atoms with E-state index in [0.717, 1.165) is 11.1 Å². The van der Waals surface area contributed by atoms with E-state index in [1.165, 1.54) is 11.8 Å². The first-order chi connectivity index (χ1) is 14.0. The molecule has 0 saturated heterocycles. The van der Waals surface area contributed by atoms with E-state index in [-0.39, 0.29) is 5.97 Å². The predicted molar refractivity (Wildman–Crippen MR) is 114 cm³/mol. The van der Waals surface area contributed by atoms with Crippen molar-refractivity contribution in [2.75, 3.05) is 18.2 Å². The predicted octanol–water partition coefficient (Wildman–Crippen LogP) is 4.97. The molecule has 0 spiro atoms. The fraction of sp³-hybridized carbons (Fsp3) is 0.182. The molecule has 3 rings (SSSR count). The molecule has 0 unspecified atom stereocenters. The molecular formula is C22H20N4O2S. The minimum Gasteiger partial charge on any atom is -0.462 e. The highest BCUT2D eigenvalue weighted by atomic mass is 32.2. The summed E-state index contributed by atoms with van der Waals surface area (Å²) in [6, 6.07) is 16.9. The van der Waals surface area contributed by atoms with Crippen LogP contribution in [0.15, 0.2) is 53.7 Å². The van der Waals surface area contributed by atoms with Crippen molar-refractivity contribution in [1.82, 2.24) is 9.97 Å². The van der Waals surface area contributed by atoms with Gasteiger partial charge >= 0.3 is 5.97 Å². The topological polar surface area (TPSA) is 87.9 Å². The molecular weight excluding hydrogens is 384 g/mol. The second-order valence-corrected chi connectivity index (χ2v) is 6.96. The monoisotopic (exact) mass is 404 g/mol. The van der Waals surface area contributed by atoms with E-state index in [1.807, 2.05) is 37.4 Å². The summed E-state index contributed by atoms with van der Waals surface area (Å²) < 4.78 is 5.00. The maximum atomic E-state index is 11.8. The number of hydrogen-bond acceptors (Lipinski definition) is 7. The highest BCUT2D eigenvalue weighted by molar-refractivity contribution is 7.98. The fourth-order valence-electron chi connectivity index (χ4n) is 2.69. The summed E-state index contributed by atoms with van der Waals surface area (Å²) in [6.07, 6.45) is 1.89. The minimum atomic E-state index is -0.370. The number of nitrogens with one attached hydrogen (secondary N) is 1. The van der Waals surface area contributed by atoms with Crippen LogP contribution in [0, 0.1) is 18.3 Å². The van der Waals surface area contributed by atoms with Gasteiger partial charge < -0.3 is 10.1 Å². The molecule has 0 atom stereocenters. The first-order valence-corrected chi connectivity index (χ1v) is 10.3. The van der Waals surface area contributed by atoms with E-state index >= 15 is 0 Å². The standard InChI is InChI=1S/C22H20N4O2S/c1-4-28-21(27)16-9-11-17(12-10-16)24-20-18(13-23)19(25-22(26-20)29-3)15-7-5-14(2)6-8-15/h5-12H,4H2,1-3H3,(H,24,25,26). The highest BCUT2D eigenvalue weighted by Gasteiger charge is 2.16. The second-order valence-electron chi connectivity index (χ2n) is 6.18. The number of benzene rings is 2. The van der Waals surface area contributed by atoms with Gasteiger partial charge in [-0.05, 0) is 44.4 Å². The summed E-state index contributed by atoms with van der Waals surface area (Å²) in [6.45, 7) is 4.10. The van der Waals surface area contributed by atoms with Gasteiger partial charge in [-0.25, -0.2) is 14.8 Å². The SMILES string of the molecule is CCOC(=O)c1ccc(Nc2nc(SC)nc(-c3ccc(C)cc3)c2C#N)cc1. The van der Waals surface area contributed by atoms with Crippen LogP contribution in [0.25, 0.3) is 11.3 Å². The third-order valence-corrected chi connectivity index (χ3v) is 4.71. The quantitative estimate of drug-likeness (QED) is 0.353. The maximum absolute atomic E-state index is 11.8. The van der Waals surface area contributed by atoms with Gasteiger partial charge in [0, 0.05) is 11.3 Å². The average Bonchev–Trinajstić information content (AvgIpc) is 2.74. The molecule has 0 aliphatic rings. The number of carbonyl (C=O) groups excluding carboxylic acids is 1. The van der Waals surface area contributed by atoms with E-state index in [4.69, 9.17) is 4.74 Å². The summed E-state index contributed by atoms with van der Waals surface area (Å²) in [5, 5.41) is 13.5. The highest BCUT2D eigenvalue weighted by Crippen LogP contribution is 2.30. The van der Waals surface area contributed by atoms with Crippen LogP contribution in [0.1, 0.15) is 28.4 Å². The van der Waals surface area contributed by atoms with Crippen LogP contribution < -0.4 is 5.32 Å². The van der Waals surface area contributed by atoms with Crippen molar-refractivity contribution in [2.45, 2.75) is 19.0 Å². The largest absolute Gasteiger partial charge is 0.462 e. The van der Waals surface area contributed by atoms with Crippen molar-refractivity contribution in [2.24, 2.45) is 0 Å². The van der Waals surface area contributed by atoms with Crippen molar-refractivity contribution in [3.63, 3.8) is 0 Å². The second kappa shape index (κ2) is 9.22. The van der Waals surface area contributed by atoms with Crippen molar-refractivity contribution in [3.05, 3.63) is 65.2 Å². The Labute approximate surface area is 174 Å². The Morgan fingerprint density at radius 1 is 1.14 bits per heavy atom. The molecule has 3 aromatic rings. The number of aryl methyl sites for hydroxylation is 1. The maximum Gasteiger partial charge on any atom is 0.338 e. The van der Waals surface area contributed by atoms with Crippen molar-refractivity contribution in [3.8, 4) is 17.3 Å². The number of aromatic nitrogens is 2. The molecule has 0 saturated carbocycles. The lowest BCUT2D eigenvalue weighted by Crippen LogP contribution is -2.05. The Hall–Kier alpha value is -3.37. The number of nitriles is 1. The van der Waals surface area contributed by atoms with E-state index in [1.54, 1.807) is 31.2 Å². The van der Waals surface area contributed by atoms with Gasteiger partial charge in [-0.15, -0.1) is 0 Å². The van der Waals surface area contributed by atoms with E-state index in [0.29, 0.717) is 40.1 Å². The van der Waals surface area contributed by atoms with Crippen molar-refractivity contribution < 1.29 is 9.53 Å². The molecule has 29 heavy (non-hydrogen) atoms. The number of hydrogen-bond donors (Lipinski definition) is 1. The summed E-state index contributed by atoms with van der Waals surface area (Å²) >= 11 is 1.40.